The smallest absolute Gasteiger partial charge is 0.254 e. The van der Waals surface area contributed by atoms with Gasteiger partial charge in [0.15, 0.2) is 0 Å². The summed E-state index contributed by atoms with van der Waals surface area (Å²) < 4.78 is 28.7. The second-order valence-electron chi connectivity index (χ2n) is 6.83. The van der Waals surface area contributed by atoms with Crippen LogP contribution in [0.25, 0.3) is 5.78 Å². The zero-order chi connectivity index (χ0) is 19.7. The number of hydrogen-bond donors (Lipinski definition) is 0. The Hall–Kier alpha value is -3.10. The summed E-state index contributed by atoms with van der Waals surface area (Å²) in [5.74, 6) is 0.410. The first-order valence-electron chi connectivity index (χ1n) is 9.15. The van der Waals surface area contributed by atoms with Gasteiger partial charge in [0.2, 0.25) is 5.91 Å². The number of nitrogens with zero attached hydrogens (tertiary/aromatic N) is 6. The number of piperazine rings is 1. The van der Waals surface area contributed by atoms with Crippen molar-refractivity contribution in [3.05, 3.63) is 53.5 Å². The van der Waals surface area contributed by atoms with Gasteiger partial charge in [0.1, 0.15) is 23.8 Å². The third-order valence-corrected chi connectivity index (χ3v) is 4.93. The standard InChI is InChI=1S/C19H20F2N6O/c1-13-10-17(27-19(24-13)22-12-23-27)25-6-8-26(9-7-25)18(28)5-2-14-11-15(20)3-4-16(14)21/h3-4,10-12H,2,5-9H2,1H3. The lowest BCUT2D eigenvalue weighted by Crippen LogP contribution is -2.49. The summed E-state index contributed by atoms with van der Waals surface area (Å²) in [6.07, 6.45) is 1.81. The molecule has 9 heteroatoms. The van der Waals surface area contributed by atoms with Gasteiger partial charge in [-0.2, -0.15) is 14.6 Å². The minimum absolute atomic E-state index is 0.0554. The lowest BCUT2D eigenvalue weighted by atomic mass is 10.1. The van der Waals surface area contributed by atoms with Crippen molar-refractivity contribution in [1.29, 1.82) is 0 Å². The molecule has 1 aliphatic heterocycles. The van der Waals surface area contributed by atoms with Gasteiger partial charge < -0.3 is 9.80 Å². The van der Waals surface area contributed by atoms with E-state index in [0.717, 1.165) is 29.7 Å². The lowest BCUT2D eigenvalue weighted by molar-refractivity contribution is -0.131. The van der Waals surface area contributed by atoms with E-state index in [-0.39, 0.29) is 24.3 Å². The van der Waals surface area contributed by atoms with Crippen molar-refractivity contribution in [2.24, 2.45) is 0 Å². The Kier molecular flexibility index (Phi) is 4.89. The number of fused-ring (bicyclic) bond motifs is 1. The SMILES string of the molecule is Cc1cc(N2CCN(C(=O)CCc3cc(F)ccc3F)CC2)n2ncnc2n1. The highest BCUT2D eigenvalue weighted by Gasteiger charge is 2.23. The van der Waals surface area contributed by atoms with Crippen molar-refractivity contribution in [2.45, 2.75) is 19.8 Å². The number of rotatable bonds is 4. The minimum atomic E-state index is -0.496. The molecule has 146 valence electrons. The first-order chi connectivity index (χ1) is 13.5. The molecule has 28 heavy (non-hydrogen) atoms. The van der Waals surface area contributed by atoms with Gasteiger partial charge in [-0.05, 0) is 37.1 Å². The molecule has 0 saturated carbocycles. The maximum Gasteiger partial charge on any atom is 0.254 e. The largest absolute Gasteiger partial charge is 0.353 e. The van der Waals surface area contributed by atoms with E-state index in [1.165, 1.54) is 6.33 Å². The molecule has 0 N–H and O–H groups in total. The van der Waals surface area contributed by atoms with Crippen molar-refractivity contribution < 1.29 is 13.6 Å². The lowest BCUT2D eigenvalue weighted by Gasteiger charge is -2.36. The summed E-state index contributed by atoms with van der Waals surface area (Å²) in [7, 11) is 0. The van der Waals surface area contributed by atoms with Crippen LogP contribution in [0.2, 0.25) is 0 Å². The number of aromatic nitrogens is 4. The van der Waals surface area contributed by atoms with Gasteiger partial charge in [0.25, 0.3) is 5.78 Å². The molecular formula is C19H20F2N6O. The van der Waals surface area contributed by atoms with Gasteiger partial charge in [-0.15, -0.1) is 0 Å². The number of anilines is 1. The molecule has 1 aliphatic rings. The Labute approximate surface area is 160 Å². The third kappa shape index (κ3) is 3.64. The second-order valence-corrected chi connectivity index (χ2v) is 6.83. The minimum Gasteiger partial charge on any atom is -0.353 e. The van der Waals surface area contributed by atoms with Crippen LogP contribution in [0.5, 0.6) is 0 Å². The van der Waals surface area contributed by atoms with Crippen LogP contribution in [0, 0.1) is 18.6 Å². The summed E-state index contributed by atoms with van der Waals surface area (Å²) in [6, 6.07) is 5.27. The molecule has 0 radical (unpaired) electrons. The van der Waals surface area contributed by atoms with Gasteiger partial charge in [0.05, 0.1) is 0 Å². The van der Waals surface area contributed by atoms with Crippen LogP contribution in [-0.4, -0.2) is 56.6 Å². The van der Waals surface area contributed by atoms with E-state index >= 15 is 0 Å². The normalized spacial score (nSPS) is 14.7. The zero-order valence-corrected chi connectivity index (χ0v) is 15.5. The van der Waals surface area contributed by atoms with E-state index < -0.39 is 11.6 Å². The Morgan fingerprint density at radius 2 is 1.93 bits per heavy atom. The van der Waals surface area contributed by atoms with Crippen LogP contribution in [0.15, 0.2) is 30.6 Å². The number of carbonyl (C=O) groups is 1. The monoisotopic (exact) mass is 386 g/mol. The molecule has 0 unspecified atom stereocenters. The van der Waals surface area contributed by atoms with E-state index in [9.17, 15) is 13.6 Å². The predicted octanol–water partition coefficient (Wildman–Crippen LogP) is 1.99. The molecule has 0 atom stereocenters. The van der Waals surface area contributed by atoms with E-state index in [1.807, 2.05) is 13.0 Å². The molecule has 1 amide bonds. The molecule has 0 spiro atoms. The molecule has 7 nitrogen and oxygen atoms in total. The molecule has 0 bridgehead atoms. The fraction of sp³-hybridized carbons (Fsp3) is 0.368. The van der Waals surface area contributed by atoms with Crippen molar-refractivity contribution in [2.75, 3.05) is 31.1 Å². The molecule has 2 aromatic heterocycles. The highest BCUT2D eigenvalue weighted by molar-refractivity contribution is 5.76. The Balaban J connectivity index is 1.37. The van der Waals surface area contributed by atoms with Crippen LogP contribution < -0.4 is 4.90 Å². The zero-order valence-electron chi connectivity index (χ0n) is 15.5. The fourth-order valence-corrected chi connectivity index (χ4v) is 3.46. The summed E-state index contributed by atoms with van der Waals surface area (Å²) >= 11 is 0. The van der Waals surface area contributed by atoms with E-state index in [0.29, 0.717) is 32.0 Å². The molecule has 3 aromatic rings. The summed E-state index contributed by atoms with van der Waals surface area (Å²) in [5, 5.41) is 4.22. The summed E-state index contributed by atoms with van der Waals surface area (Å²) in [4.78, 5) is 24.9. The van der Waals surface area contributed by atoms with Gasteiger partial charge in [0, 0.05) is 44.4 Å². The van der Waals surface area contributed by atoms with Crippen molar-refractivity contribution in [1.82, 2.24) is 24.5 Å². The number of aryl methyl sites for hydroxylation is 2. The highest BCUT2D eigenvalue weighted by Crippen LogP contribution is 2.19. The van der Waals surface area contributed by atoms with E-state index in [4.69, 9.17) is 0 Å². The summed E-state index contributed by atoms with van der Waals surface area (Å²) in [5.41, 5.74) is 1.08. The first-order valence-corrected chi connectivity index (χ1v) is 9.15. The Morgan fingerprint density at radius 3 is 2.71 bits per heavy atom. The molecular weight excluding hydrogens is 366 g/mol. The van der Waals surface area contributed by atoms with Gasteiger partial charge in [-0.3, -0.25) is 4.79 Å². The van der Waals surface area contributed by atoms with Gasteiger partial charge in [-0.1, -0.05) is 0 Å². The predicted molar refractivity (Wildman–Crippen MR) is 99.0 cm³/mol. The van der Waals surface area contributed by atoms with Crippen molar-refractivity contribution in [3.63, 3.8) is 0 Å². The molecule has 1 saturated heterocycles. The van der Waals surface area contributed by atoms with Crippen LogP contribution >= 0.6 is 0 Å². The Bertz CT molecular complexity index is 1010. The number of halogens is 2. The van der Waals surface area contributed by atoms with Crippen molar-refractivity contribution in [3.8, 4) is 0 Å². The topological polar surface area (TPSA) is 66.6 Å². The molecule has 1 fully saturated rings. The number of hydrogen-bond acceptors (Lipinski definition) is 5. The molecule has 1 aromatic carbocycles. The third-order valence-electron chi connectivity index (χ3n) is 4.93. The van der Waals surface area contributed by atoms with E-state index in [1.54, 1.807) is 9.42 Å². The van der Waals surface area contributed by atoms with Crippen molar-refractivity contribution >= 4 is 17.5 Å². The number of carbonyl (C=O) groups excluding carboxylic acids is 1. The summed E-state index contributed by atoms with van der Waals surface area (Å²) in [6.45, 7) is 4.32. The van der Waals surface area contributed by atoms with Crippen LogP contribution in [0.4, 0.5) is 14.6 Å². The first kappa shape index (κ1) is 18.3. The molecule has 3 heterocycles. The van der Waals surface area contributed by atoms with Crippen LogP contribution in [0.1, 0.15) is 17.7 Å². The van der Waals surface area contributed by atoms with Gasteiger partial charge >= 0.3 is 0 Å². The number of benzene rings is 1. The van der Waals surface area contributed by atoms with Gasteiger partial charge in [-0.25, -0.2) is 13.8 Å². The average molecular weight is 386 g/mol. The maximum absolute atomic E-state index is 13.7. The molecule has 0 aliphatic carbocycles. The number of amides is 1. The highest BCUT2D eigenvalue weighted by atomic mass is 19.1. The quantitative estimate of drug-likeness (QED) is 0.686. The van der Waals surface area contributed by atoms with Crippen LogP contribution in [0.3, 0.4) is 0 Å². The maximum atomic E-state index is 13.7. The fourth-order valence-electron chi connectivity index (χ4n) is 3.46. The average Bonchev–Trinajstić information content (AvgIpc) is 3.16. The second kappa shape index (κ2) is 7.49. The van der Waals surface area contributed by atoms with Crippen LogP contribution in [-0.2, 0) is 11.2 Å². The molecule has 4 rings (SSSR count). The Morgan fingerprint density at radius 1 is 1.14 bits per heavy atom. The van der Waals surface area contributed by atoms with E-state index in [2.05, 4.69) is 20.0 Å².